The minimum Gasteiger partial charge on any atom is -0.351 e. The highest BCUT2D eigenvalue weighted by Gasteiger charge is 2.19. The molecule has 1 aromatic carbocycles. The minimum atomic E-state index is -0.667. The number of urea groups is 1. The molecule has 0 aliphatic rings. The molecule has 0 saturated heterocycles. The van der Waals surface area contributed by atoms with E-state index in [0.29, 0.717) is 47.9 Å². The van der Waals surface area contributed by atoms with Crippen LogP contribution >= 0.6 is 0 Å². The molecule has 0 spiro atoms. The minimum absolute atomic E-state index is 0.139. The SMILES string of the molecule is CCCCn1c(=O)[nH]c(=O)c2c1nc(CCC(=O)Nc1ccc(NC(N)=O)cc1)n2CC(C)C. The lowest BCUT2D eigenvalue weighted by molar-refractivity contribution is -0.116. The number of nitrogens with one attached hydrogen (secondary N) is 3. The Morgan fingerprint density at radius 2 is 1.74 bits per heavy atom. The molecule has 0 saturated carbocycles. The van der Waals surface area contributed by atoms with Crippen molar-refractivity contribution >= 4 is 34.5 Å². The second kappa shape index (κ2) is 10.8. The number of hydrogen-bond donors (Lipinski definition) is 4. The van der Waals surface area contributed by atoms with Crippen molar-refractivity contribution in [2.24, 2.45) is 11.7 Å². The molecule has 0 bridgehead atoms. The molecule has 3 amide bonds. The maximum Gasteiger partial charge on any atom is 0.330 e. The van der Waals surface area contributed by atoms with Gasteiger partial charge in [-0.1, -0.05) is 27.2 Å². The van der Waals surface area contributed by atoms with E-state index in [-0.39, 0.29) is 18.2 Å². The first-order chi connectivity index (χ1) is 16.2. The van der Waals surface area contributed by atoms with E-state index in [1.165, 1.54) is 4.57 Å². The third-order valence-corrected chi connectivity index (χ3v) is 5.26. The van der Waals surface area contributed by atoms with Gasteiger partial charge < -0.3 is 20.9 Å². The van der Waals surface area contributed by atoms with Gasteiger partial charge in [0.25, 0.3) is 5.56 Å². The number of nitrogens with zero attached hydrogens (tertiary/aromatic N) is 3. The lowest BCUT2D eigenvalue weighted by atomic mass is 10.2. The number of aryl methyl sites for hydroxylation is 2. The Bertz CT molecular complexity index is 1290. The molecule has 3 aromatic rings. The highest BCUT2D eigenvalue weighted by Crippen LogP contribution is 2.17. The lowest BCUT2D eigenvalue weighted by Gasteiger charge is -2.12. The molecule has 34 heavy (non-hydrogen) atoms. The Kier molecular flexibility index (Phi) is 7.87. The van der Waals surface area contributed by atoms with E-state index in [1.54, 1.807) is 24.3 Å². The first-order valence-electron chi connectivity index (χ1n) is 11.4. The van der Waals surface area contributed by atoms with Gasteiger partial charge in [-0.15, -0.1) is 0 Å². The number of carbonyl (C=O) groups excluding carboxylic acids is 2. The van der Waals surface area contributed by atoms with E-state index < -0.39 is 17.3 Å². The van der Waals surface area contributed by atoms with Crippen LogP contribution in [0.2, 0.25) is 0 Å². The molecule has 0 fully saturated rings. The average Bonchev–Trinajstić information content (AvgIpc) is 3.11. The number of imidazole rings is 1. The lowest BCUT2D eigenvalue weighted by Crippen LogP contribution is -2.31. The van der Waals surface area contributed by atoms with Crippen molar-refractivity contribution in [1.29, 1.82) is 0 Å². The van der Waals surface area contributed by atoms with E-state index in [9.17, 15) is 19.2 Å². The largest absolute Gasteiger partial charge is 0.351 e. The summed E-state index contributed by atoms with van der Waals surface area (Å²) in [6, 6.07) is 5.90. The Hall–Kier alpha value is -3.89. The van der Waals surface area contributed by atoms with Gasteiger partial charge in [0.15, 0.2) is 11.2 Å². The number of amides is 3. The number of carbonyl (C=O) groups is 2. The van der Waals surface area contributed by atoms with Crippen molar-refractivity contribution in [3.63, 3.8) is 0 Å². The number of hydrogen-bond acceptors (Lipinski definition) is 5. The fraction of sp³-hybridized carbons (Fsp3) is 0.435. The highest BCUT2D eigenvalue weighted by atomic mass is 16.2. The smallest absolute Gasteiger partial charge is 0.330 e. The first-order valence-corrected chi connectivity index (χ1v) is 11.4. The number of nitrogens with two attached hydrogens (primary N) is 1. The van der Waals surface area contributed by atoms with Gasteiger partial charge in [-0.05, 0) is 36.6 Å². The molecule has 0 atom stereocenters. The van der Waals surface area contributed by atoms with Gasteiger partial charge in [0, 0.05) is 37.3 Å². The van der Waals surface area contributed by atoms with Gasteiger partial charge in [0.05, 0.1) is 0 Å². The quantitative estimate of drug-likeness (QED) is 0.359. The second-order valence-corrected chi connectivity index (χ2v) is 8.58. The number of unbranched alkanes of at least 4 members (excludes halogenated alkanes) is 1. The molecular weight excluding hydrogens is 438 g/mol. The fourth-order valence-electron chi connectivity index (χ4n) is 3.72. The number of anilines is 2. The van der Waals surface area contributed by atoms with Gasteiger partial charge in [0.1, 0.15) is 5.82 Å². The Morgan fingerprint density at radius 1 is 1.09 bits per heavy atom. The Balaban J connectivity index is 1.83. The van der Waals surface area contributed by atoms with Gasteiger partial charge in [0.2, 0.25) is 5.91 Å². The van der Waals surface area contributed by atoms with Gasteiger partial charge in [-0.25, -0.2) is 14.6 Å². The molecule has 11 heteroatoms. The van der Waals surface area contributed by atoms with Gasteiger partial charge in [-0.2, -0.15) is 0 Å². The van der Waals surface area contributed by atoms with Crippen molar-refractivity contribution in [3.8, 4) is 0 Å². The molecule has 182 valence electrons. The summed E-state index contributed by atoms with van der Waals surface area (Å²) in [5, 5.41) is 5.26. The molecule has 2 aromatic heterocycles. The van der Waals surface area contributed by atoms with Crippen molar-refractivity contribution in [2.45, 2.75) is 59.5 Å². The summed E-state index contributed by atoms with van der Waals surface area (Å²) in [6.45, 7) is 7.08. The number of rotatable bonds is 10. The van der Waals surface area contributed by atoms with Crippen molar-refractivity contribution in [3.05, 3.63) is 50.9 Å². The standard InChI is InChI=1S/C23H31N7O4/c1-4-5-12-29-20-19(21(32)28-23(29)34)30(13-14(2)3)17(27-20)10-11-18(31)25-15-6-8-16(9-7-15)26-22(24)33/h6-9,14H,4-5,10-13H2,1-3H3,(H,25,31)(H3,24,26,33)(H,28,32,34). The number of H-pyrrole nitrogens is 1. The van der Waals surface area contributed by atoms with E-state index in [4.69, 9.17) is 5.73 Å². The van der Waals surface area contributed by atoms with Crippen LogP contribution in [0.25, 0.3) is 11.2 Å². The zero-order valence-electron chi connectivity index (χ0n) is 19.7. The van der Waals surface area contributed by atoms with Crippen LogP contribution in [-0.4, -0.2) is 31.0 Å². The zero-order valence-corrected chi connectivity index (χ0v) is 19.7. The number of benzene rings is 1. The predicted octanol–water partition coefficient (Wildman–Crippen LogP) is 2.40. The van der Waals surface area contributed by atoms with Crippen LogP contribution in [0.3, 0.4) is 0 Å². The normalized spacial score (nSPS) is 11.2. The predicted molar refractivity (Wildman–Crippen MR) is 131 cm³/mol. The summed E-state index contributed by atoms with van der Waals surface area (Å²) in [4.78, 5) is 55.6. The van der Waals surface area contributed by atoms with Gasteiger partial charge >= 0.3 is 11.7 Å². The fourth-order valence-corrected chi connectivity index (χ4v) is 3.72. The van der Waals surface area contributed by atoms with E-state index in [2.05, 4.69) is 20.6 Å². The van der Waals surface area contributed by atoms with Crippen LogP contribution in [0.15, 0.2) is 33.9 Å². The molecule has 11 nitrogen and oxygen atoms in total. The van der Waals surface area contributed by atoms with E-state index in [1.807, 2.05) is 25.3 Å². The maximum atomic E-state index is 12.7. The summed E-state index contributed by atoms with van der Waals surface area (Å²) >= 11 is 0. The number of fused-ring (bicyclic) bond motifs is 1. The molecule has 0 radical (unpaired) electrons. The van der Waals surface area contributed by atoms with Crippen LogP contribution in [-0.2, 0) is 24.3 Å². The Morgan fingerprint density at radius 3 is 2.32 bits per heavy atom. The monoisotopic (exact) mass is 469 g/mol. The molecule has 3 rings (SSSR count). The van der Waals surface area contributed by atoms with Crippen LogP contribution in [0.5, 0.6) is 0 Å². The highest BCUT2D eigenvalue weighted by molar-refractivity contribution is 5.92. The first kappa shape index (κ1) is 24.7. The topological polar surface area (TPSA) is 157 Å². The molecule has 2 heterocycles. The Labute approximate surface area is 196 Å². The second-order valence-electron chi connectivity index (χ2n) is 8.58. The van der Waals surface area contributed by atoms with Crippen molar-refractivity contribution in [1.82, 2.24) is 19.1 Å². The van der Waals surface area contributed by atoms with Gasteiger partial charge in [-0.3, -0.25) is 19.1 Å². The van der Waals surface area contributed by atoms with Crippen LogP contribution in [0.4, 0.5) is 16.2 Å². The summed E-state index contributed by atoms with van der Waals surface area (Å²) in [5.41, 5.74) is 5.95. The van der Waals surface area contributed by atoms with Crippen LogP contribution in [0.1, 0.15) is 45.9 Å². The van der Waals surface area contributed by atoms with Crippen LogP contribution < -0.4 is 27.6 Å². The summed E-state index contributed by atoms with van der Waals surface area (Å²) in [7, 11) is 0. The number of aromatic nitrogens is 4. The summed E-state index contributed by atoms with van der Waals surface area (Å²) in [6.07, 6.45) is 2.12. The van der Waals surface area contributed by atoms with E-state index in [0.717, 1.165) is 12.8 Å². The maximum absolute atomic E-state index is 12.7. The molecule has 0 unspecified atom stereocenters. The average molecular weight is 470 g/mol. The molecule has 0 aliphatic heterocycles. The number of aromatic amines is 1. The molecule has 0 aliphatic carbocycles. The van der Waals surface area contributed by atoms with Crippen molar-refractivity contribution in [2.75, 3.05) is 10.6 Å². The van der Waals surface area contributed by atoms with Crippen molar-refractivity contribution < 1.29 is 9.59 Å². The molecular formula is C23H31N7O4. The number of primary amides is 1. The van der Waals surface area contributed by atoms with E-state index >= 15 is 0 Å². The zero-order chi connectivity index (χ0) is 24.8. The summed E-state index contributed by atoms with van der Waals surface area (Å²) in [5.74, 6) is 0.588. The summed E-state index contributed by atoms with van der Waals surface area (Å²) < 4.78 is 3.32. The van der Waals surface area contributed by atoms with Crippen LogP contribution in [0, 0.1) is 5.92 Å². The molecule has 5 N–H and O–H groups in total. The third kappa shape index (κ3) is 5.91. The third-order valence-electron chi connectivity index (χ3n) is 5.26.